The van der Waals surface area contributed by atoms with Gasteiger partial charge >= 0.3 is 0 Å². The number of rotatable bonds is 6. The van der Waals surface area contributed by atoms with E-state index in [1.807, 2.05) is 37.3 Å². The van der Waals surface area contributed by atoms with Gasteiger partial charge in [-0.1, -0.05) is 30.3 Å². The standard InChI is InChI=1S/C20H23NO2/c1-15-5-2-3-6-17(15)14-20(22)21-11-12-23-19-10-9-16-7-4-8-18(16)13-19/h2-3,5-6,9-10,13H,4,7-8,11-12,14H2,1H3,(H,21,22). The Kier molecular flexibility index (Phi) is 4.96. The van der Waals surface area contributed by atoms with Crippen LogP contribution in [0.15, 0.2) is 42.5 Å². The normalized spacial score (nSPS) is 12.7. The Bertz CT molecular complexity index is 694. The fourth-order valence-electron chi connectivity index (χ4n) is 3.04. The van der Waals surface area contributed by atoms with Gasteiger partial charge in [0.2, 0.25) is 5.91 Å². The van der Waals surface area contributed by atoms with Crippen LogP contribution in [0.25, 0.3) is 0 Å². The molecule has 0 unspecified atom stereocenters. The van der Waals surface area contributed by atoms with Crippen molar-refractivity contribution in [2.75, 3.05) is 13.2 Å². The van der Waals surface area contributed by atoms with E-state index in [0.29, 0.717) is 19.6 Å². The topological polar surface area (TPSA) is 38.3 Å². The first-order valence-corrected chi connectivity index (χ1v) is 8.28. The SMILES string of the molecule is Cc1ccccc1CC(=O)NCCOc1ccc2c(c1)CCC2. The highest BCUT2D eigenvalue weighted by Gasteiger charge is 2.11. The van der Waals surface area contributed by atoms with Crippen molar-refractivity contribution in [3.8, 4) is 5.75 Å². The third-order valence-corrected chi connectivity index (χ3v) is 4.38. The maximum atomic E-state index is 12.0. The van der Waals surface area contributed by atoms with Crippen molar-refractivity contribution in [2.24, 2.45) is 0 Å². The van der Waals surface area contributed by atoms with E-state index in [1.54, 1.807) is 0 Å². The molecule has 1 aliphatic rings. The smallest absolute Gasteiger partial charge is 0.224 e. The van der Waals surface area contributed by atoms with E-state index in [1.165, 1.54) is 24.0 Å². The van der Waals surface area contributed by atoms with E-state index >= 15 is 0 Å². The minimum Gasteiger partial charge on any atom is -0.492 e. The Morgan fingerprint density at radius 3 is 2.83 bits per heavy atom. The van der Waals surface area contributed by atoms with Gasteiger partial charge < -0.3 is 10.1 Å². The number of aryl methyl sites for hydroxylation is 3. The van der Waals surface area contributed by atoms with E-state index in [-0.39, 0.29) is 5.91 Å². The lowest BCUT2D eigenvalue weighted by atomic mass is 10.1. The monoisotopic (exact) mass is 309 g/mol. The maximum Gasteiger partial charge on any atom is 0.224 e. The van der Waals surface area contributed by atoms with E-state index < -0.39 is 0 Å². The first-order valence-electron chi connectivity index (χ1n) is 8.28. The number of fused-ring (bicyclic) bond motifs is 1. The van der Waals surface area contributed by atoms with Gasteiger partial charge in [0.25, 0.3) is 0 Å². The molecule has 3 rings (SSSR count). The lowest BCUT2D eigenvalue weighted by Gasteiger charge is -2.10. The predicted octanol–water partition coefficient (Wildman–Crippen LogP) is 3.22. The molecule has 0 bridgehead atoms. The average molecular weight is 309 g/mol. The molecule has 0 saturated heterocycles. The Balaban J connectivity index is 1.41. The van der Waals surface area contributed by atoms with Gasteiger partial charge in [0.05, 0.1) is 13.0 Å². The summed E-state index contributed by atoms with van der Waals surface area (Å²) in [5.74, 6) is 0.940. The third-order valence-electron chi connectivity index (χ3n) is 4.38. The predicted molar refractivity (Wildman–Crippen MR) is 91.9 cm³/mol. The highest BCUT2D eigenvalue weighted by molar-refractivity contribution is 5.78. The molecule has 0 radical (unpaired) electrons. The molecule has 0 aromatic heterocycles. The van der Waals surface area contributed by atoms with Crippen LogP contribution in [-0.2, 0) is 24.1 Å². The molecule has 0 saturated carbocycles. The minimum absolute atomic E-state index is 0.0388. The lowest BCUT2D eigenvalue weighted by molar-refractivity contribution is -0.120. The van der Waals surface area contributed by atoms with E-state index in [4.69, 9.17) is 4.74 Å². The number of carbonyl (C=O) groups excluding carboxylic acids is 1. The molecule has 1 amide bonds. The van der Waals surface area contributed by atoms with Gasteiger partial charge in [0.1, 0.15) is 12.4 Å². The van der Waals surface area contributed by atoms with Crippen molar-refractivity contribution in [3.63, 3.8) is 0 Å². The van der Waals surface area contributed by atoms with Crippen molar-refractivity contribution in [2.45, 2.75) is 32.6 Å². The number of hydrogen-bond acceptors (Lipinski definition) is 2. The molecule has 0 aliphatic heterocycles. The van der Waals surface area contributed by atoms with E-state index in [9.17, 15) is 4.79 Å². The summed E-state index contributed by atoms with van der Waals surface area (Å²) < 4.78 is 5.74. The second-order valence-electron chi connectivity index (χ2n) is 6.09. The number of amides is 1. The lowest BCUT2D eigenvalue weighted by Crippen LogP contribution is -2.29. The second kappa shape index (κ2) is 7.32. The molecule has 0 atom stereocenters. The Hall–Kier alpha value is -2.29. The molecular weight excluding hydrogens is 286 g/mol. The summed E-state index contributed by atoms with van der Waals surface area (Å²) in [4.78, 5) is 12.0. The van der Waals surface area contributed by atoms with Crippen LogP contribution in [0.3, 0.4) is 0 Å². The van der Waals surface area contributed by atoms with E-state index in [2.05, 4.69) is 17.4 Å². The summed E-state index contributed by atoms with van der Waals surface area (Å²) in [5.41, 5.74) is 5.08. The molecule has 0 fully saturated rings. The fraction of sp³-hybridized carbons (Fsp3) is 0.350. The molecule has 120 valence electrons. The zero-order chi connectivity index (χ0) is 16.1. The first kappa shape index (κ1) is 15.6. The molecule has 1 aliphatic carbocycles. The summed E-state index contributed by atoms with van der Waals surface area (Å²) in [6.45, 7) is 3.06. The van der Waals surface area contributed by atoms with Gasteiger partial charge in [-0.05, 0) is 60.6 Å². The van der Waals surface area contributed by atoms with Crippen LogP contribution in [-0.4, -0.2) is 19.1 Å². The van der Waals surface area contributed by atoms with Crippen molar-refractivity contribution < 1.29 is 9.53 Å². The summed E-state index contributed by atoms with van der Waals surface area (Å²) in [6, 6.07) is 14.3. The maximum absolute atomic E-state index is 12.0. The zero-order valence-electron chi connectivity index (χ0n) is 13.6. The van der Waals surface area contributed by atoms with Crippen LogP contribution in [0.1, 0.15) is 28.7 Å². The second-order valence-corrected chi connectivity index (χ2v) is 6.09. The van der Waals surface area contributed by atoms with Gasteiger partial charge in [-0.2, -0.15) is 0 Å². The third kappa shape index (κ3) is 4.13. The number of ether oxygens (including phenoxy) is 1. The molecule has 3 nitrogen and oxygen atoms in total. The highest BCUT2D eigenvalue weighted by Crippen LogP contribution is 2.25. The molecule has 1 N–H and O–H groups in total. The van der Waals surface area contributed by atoms with Gasteiger partial charge in [-0.15, -0.1) is 0 Å². The number of hydrogen-bond donors (Lipinski definition) is 1. The quantitative estimate of drug-likeness (QED) is 0.832. The van der Waals surface area contributed by atoms with Crippen LogP contribution in [0.5, 0.6) is 5.75 Å². The minimum atomic E-state index is 0.0388. The van der Waals surface area contributed by atoms with Gasteiger partial charge in [-0.3, -0.25) is 4.79 Å². The van der Waals surface area contributed by atoms with Crippen molar-refractivity contribution in [3.05, 3.63) is 64.7 Å². The van der Waals surface area contributed by atoms with Crippen molar-refractivity contribution >= 4 is 5.91 Å². The molecule has 0 heterocycles. The molecule has 2 aromatic rings. The fourth-order valence-corrected chi connectivity index (χ4v) is 3.04. The van der Waals surface area contributed by atoms with Gasteiger partial charge in [-0.25, -0.2) is 0 Å². The first-order chi connectivity index (χ1) is 11.2. The number of nitrogens with one attached hydrogen (secondary N) is 1. The summed E-state index contributed by atoms with van der Waals surface area (Å²) in [5, 5.41) is 2.92. The van der Waals surface area contributed by atoms with Crippen molar-refractivity contribution in [1.82, 2.24) is 5.32 Å². The van der Waals surface area contributed by atoms with Crippen LogP contribution >= 0.6 is 0 Å². The number of benzene rings is 2. The molecular formula is C20H23NO2. The Morgan fingerprint density at radius 2 is 1.96 bits per heavy atom. The largest absolute Gasteiger partial charge is 0.492 e. The van der Waals surface area contributed by atoms with Crippen molar-refractivity contribution in [1.29, 1.82) is 0 Å². The van der Waals surface area contributed by atoms with Crippen LogP contribution < -0.4 is 10.1 Å². The zero-order valence-corrected chi connectivity index (χ0v) is 13.6. The average Bonchev–Trinajstić information content (AvgIpc) is 3.01. The highest BCUT2D eigenvalue weighted by atomic mass is 16.5. The molecule has 2 aromatic carbocycles. The molecule has 0 spiro atoms. The summed E-state index contributed by atoms with van der Waals surface area (Å²) >= 11 is 0. The van der Waals surface area contributed by atoms with Crippen LogP contribution in [0.2, 0.25) is 0 Å². The molecule has 3 heteroatoms. The van der Waals surface area contributed by atoms with E-state index in [0.717, 1.165) is 23.3 Å². The number of carbonyl (C=O) groups is 1. The summed E-state index contributed by atoms with van der Waals surface area (Å²) in [6.07, 6.45) is 4.00. The van der Waals surface area contributed by atoms with Crippen LogP contribution in [0, 0.1) is 6.92 Å². The van der Waals surface area contributed by atoms with Gasteiger partial charge in [0, 0.05) is 0 Å². The van der Waals surface area contributed by atoms with Crippen LogP contribution in [0.4, 0.5) is 0 Å². The van der Waals surface area contributed by atoms with Gasteiger partial charge in [0.15, 0.2) is 0 Å². The summed E-state index contributed by atoms with van der Waals surface area (Å²) in [7, 11) is 0. The Labute approximate surface area is 137 Å². The Morgan fingerprint density at radius 1 is 1.13 bits per heavy atom. The molecule has 23 heavy (non-hydrogen) atoms.